The number of carbonyl (C=O) groups excluding carboxylic acids is 1. The lowest BCUT2D eigenvalue weighted by Gasteiger charge is -2.09. The molecule has 0 aliphatic rings. The highest BCUT2D eigenvalue weighted by Gasteiger charge is 2.22. The topological polar surface area (TPSA) is 46.5 Å². The summed E-state index contributed by atoms with van der Waals surface area (Å²) in [5.74, 6) is -1.43. The first-order chi connectivity index (χ1) is 7.07. The Balaban J connectivity index is 3.18. The van der Waals surface area contributed by atoms with Crippen molar-refractivity contribution in [2.45, 2.75) is 13.3 Å². The lowest BCUT2D eigenvalue weighted by molar-refractivity contribution is 0.0511. The summed E-state index contributed by atoms with van der Waals surface area (Å²) >= 11 is 0. The molecule has 1 aromatic rings. The van der Waals surface area contributed by atoms with Crippen LogP contribution in [0.2, 0.25) is 0 Å². The molecule has 1 rings (SSSR count). The minimum absolute atomic E-state index is 0.0653. The van der Waals surface area contributed by atoms with Gasteiger partial charge < -0.3 is 9.84 Å². The highest BCUT2D eigenvalue weighted by molar-refractivity contribution is 5.94. The second-order valence-electron chi connectivity index (χ2n) is 2.76. The first-order valence-electron chi connectivity index (χ1n) is 4.35. The highest BCUT2D eigenvalue weighted by Crippen LogP contribution is 2.29. The van der Waals surface area contributed by atoms with Gasteiger partial charge in [-0.05, 0) is 13.0 Å². The van der Waals surface area contributed by atoms with E-state index in [1.807, 2.05) is 0 Å². The van der Waals surface area contributed by atoms with Gasteiger partial charge in [-0.15, -0.1) is 0 Å². The molecule has 0 radical (unpaired) electrons. The third-order valence-electron chi connectivity index (χ3n) is 1.79. The summed E-state index contributed by atoms with van der Waals surface area (Å²) in [5, 5.41) is 9.30. The molecule has 0 aliphatic heterocycles. The first kappa shape index (κ1) is 11.4. The van der Waals surface area contributed by atoms with Gasteiger partial charge in [-0.3, -0.25) is 0 Å². The smallest absolute Gasteiger partial charge is 0.342 e. The van der Waals surface area contributed by atoms with Gasteiger partial charge in [-0.1, -0.05) is 12.1 Å². The third kappa shape index (κ3) is 2.43. The summed E-state index contributed by atoms with van der Waals surface area (Å²) in [6.07, 6.45) is -2.82. The maximum absolute atomic E-state index is 12.5. The van der Waals surface area contributed by atoms with Crippen LogP contribution in [-0.4, -0.2) is 17.7 Å². The van der Waals surface area contributed by atoms with Crippen LogP contribution >= 0.6 is 0 Å². The predicted octanol–water partition coefficient (Wildman–Crippen LogP) is 2.51. The zero-order valence-corrected chi connectivity index (χ0v) is 8.04. The minimum Gasteiger partial charge on any atom is -0.507 e. The van der Waals surface area contributed by atoms with E-state index in [0.29, 0.717) is 0 Å². The van der Waals surface area contributed by atoms with Gasteiger partial charge in [0.05, 0.1) is 6.61 Å². The van der Waals surface area contributed by atoms with Crippen molar-refractivity contribution < 1.29 is 23.4 Å². The number of phenolic OH excluding ortho intramolecular Hbond substituents is 1. The Labute approximate surface area is 85.3 Å². The van der Waals surface area contributed by atoms with Crippen molar-refractivity contribution in [3.05, 3.63) is 29.3 Å². The molecule has 1 N–H and O–H groups in total. The number of hydrogen-bond donors (Lipinski definition) is 1. The van der Waals surface area contributed by atoms with Crippen molar-refractivity contribution in [2.75, 3.05) is 6.61 Å². The molecule has 0 fully saturated rings. The standard InChI is InChI=1S/C10H10F2O3/c1-2-15-10(14)8-6(9(11)12)4-3-5-7(8)13/h3-5,9,13H,2H2,1H3. The summed E-state index contributed by atoms with van der Waals surface area (Å²) in [7, 11) is 0. The second kappa shape index (κ2) is 4.72. The monoisotopic (exact) mass is 216 g/mol. The molecule has 82 valence electrons. The van der Waals surface area contributed by atoms with E-state index < -0.39 is 29.3 Å². The summed E-state index contributed by atoms with van der Waals surface area (Å²) in [6.45, 7) is 1.62. The Morgan fingerprint density at radius 3 is 2.73 bits per heavy atom. The average Bonchev–Trinajstić information content (AvgIpc) is 2.17. The fraction of sp³-hybridized carbons (Fsp3) is 0.300. The SMILES string of the molecule is CCOC(=O)c1c(O)cccc1C(F)F. The van der Waals surface area contributed by atoms with Gasteiger partial charge in [-0.2, -0.15) is 0 Å². The molecule has 5 heteroatoms. The fourth-order valence-corrected chi connectivity index (χ4v) is 1.17. The largest absolute Gasteiger partial charge is 0.507 e. The van der Waals surface area contributed by atoms with Crippen LogP contribution in [0.15, 0.2) is 18.2 Å². The van der Waals surface area contributed by atoms with Gasteiger partial charge >= 0.3 is 5.97 Å². The van der Waals surface area contributed by atoms with Crippen LogP contribution in [0.1, 0.15) is 29.3 Å². The zero-order chi connectivity index (χ0) is 11.4. The van der Waals surface area contributed by atoms with Gasteiger partial charge in [0.15, 0.2) is 0 Å². The summed E-state index contributed by atoms with van der Waals surface area (Å²) in [4.78, 5) is 11.3. The number of carbonyl (C=O) groups is 1. The van der Waals surface area contributed by atoms with E-state index >= 15 is 0 Å². The van der Waals surface area contributed by atoms with Gasteiger partial charge in [-0.25, -0.2) is 13.6 Å². The van der Waals surface area contributed by atoms with E-state index in [1.54, 1.807) is 6.92 Å². The van der Waals surface area contributed by atoms with Crippen LogP contribution in [0.5, 0.6) is 5.75 Å². The Morgan fingerprint density at radius 2 is 2.20 bits per heavy atom. The van der Waals surface area contributed by atoms with Crippen molar-refractivity contribution in [2.24, 2.45) is 0 Å². The van der Waals surface area contributed by atoms with Crippen LogP contribution in [0, 0.1) is 0 Å². The molecule has 0 saturated heterocycles. The quantitative estimate of drug-likeness (QED) is 0.789. The number of aromatic hydroxyl groups is 1. The Morgan fingerprint density at radius 1 is 1.53 bits per heavy atom. The van der Waals surface area contributed by atoms with E-state index in [0.717, 1.165) is 12.1 Å². The van der Waals surface area contributed by atoms with E-state index in [9.17, 15) is 18.7 Å². The summed E-state index contributed by atoms with van der Waals surface area (Å²) < 4.78 is 29.5. The molecule has 0 aliphatic carbocycles. The van der Waals surface area contributed by atoms with Crippen LogP contribution in [0.25, 0.3) is 0 Å². The van der Waals surface area contributed by atoms with Crippen LogP contribution in [-0.2, 0) is 4.74 Å². The van der Waals surface area contributed by atoms with E-state index in [1.165, 1.54) is 6.07 Å². The van der Waals surface area contributed by atoms with Gasteiger partial charge in [0, 0.05) is 5.56 Å². The molecule has 0 saturated carbocycles. The molecule has 15 heavy (non-hydrogen) atoms. The molecule has 0 bridgehead atoms. The van der Waals surface area contributed by atoms with Crippen LogP contribution in [0.3, 0.4) is 0 Å². The lowest BCUT2D eigenvalue weighted by atomic mass is 10.1. The molecule has 0 spiro atoms. The number of hydrogen-bond acceptors (Lipinski definition) is 3. The maximum atomic E-state index is 12.5. The molecular weight excluding hydrogens is 206 g/mol. The molecule has 0 atom stereocenters. The normalized spacial score (nSPS) is 10.4. The summed E-state index contributed by atoms with van der Waals surface area (Å²) in [6, 6.07) is 3.49. The van der Waals surface area contributed by atoms with Crippen LogP contribution < -0.4 is 0 Å². The Kier molecular flexibility index (Phi) is 3.60. The number of ether oxygens (including phenoxy) is 1. The Bertz CT molecular complexity index is 364. The second-order valence-corrected chi connectivity index (χ2v) is 2.76. The molecular formula is C10H10F2O3. The van der Waals surface area contributed by atoms with Gasteiger partial charge in [0.1, 0.15) is 11.3 Å². The number of halogens is 2. The number of esters is 1. The van der Waals surface area contributed by atoms with Crippen molar-refractivity contribution in [3.8, 4) is 5.75 Å². The Hall–Kier alpha value is -1.65. The van der Waals surface area contributed by atoms with Crippen molar-refractivity contribution in [3.63, 3.8) is 0 Å². The summed E-state index contributed by atoms with van der Waals surface area (Å²) in [5.41, 5.74) is -0.984. The average molecular weight is 216 g/mol. The third-order valence-corrected chi connectivity index (χ3v) is 1.79. The van der Waals surface area contributed by atoms with Crippen LogP contribution in [0.4, 0.5) is 8.78 Å². The number of rotatable bonds is 3. The van der Waals surface area contributed by atoms with Gasteiger partial charge in [0.2, 0.25) is 0 Å². The minimum atomic E-state index is -2.82. The van der Waals surface area contributed by atoms with E-state index in [4.69, 9.17) is 0 Å². The highest BCUT2D eigenvalue weighted by atomic mass is 19.3. The maximum Gasteiger partial charge on any atom is 0.342 e. The molecule has 0 amide bonds. The van der Waals surface area contributed by atoms with E-state index in [-0.39, 0.29) is 6.61 Å². The van der Waals surface area contributed by atoms with Gasteiger partial charge in [0.25, 0.3) is 6.43 Å². The molecule has 0 unspecified atom stereocenters. The first-order valence-corrected chi connectivity index (χ1v) is 4.35. The molecule has 0 aromatic heterocycles. The molecule has 1 aromatic carbocycles. The van der Waals surface area contributed by atoms with Crippen molar-refractivity contribution in [1.82, 2.24) is 0 Å². The lowest BCUT2D eigenvalue weighted by Crippen LogP contribution is -2.08. The zero-order valence-electron chi connectivity index (χ0n) is 8.04. The number of alkyl halides is 2. The van der Waals surface area contributed by atoms with Crippen molar-refractivity contribution in [1.29, 1.82) is 0 Å². The number of benzene rings is 1. The fourth-order valence-electron chi connectivity index (χ4n) is 1.17. The number of phenols is 1. The van der Waals surface area contributed by atoms with Crippen molar-refractivity contribution >= 4 is 5.97 Å². The molecule has 0 heterocycles. The predicted molar refractivity (Wildman–Crippen MR) is 49.0 cm³/mol. The molecule has 3 nitrogen and oxygen atoms in total. The van der Waals surface area contributed by atoms with E-state index in [2.05, 4.69) is 4.74 Å².